The summed E-state index contributed by atoms with van der Waals surface area (Å²) in [5, 5.41) is 2.81. The van der Waals surface area contributed by atoms with Crippen molar-refractivity contribution >= 4 is 11.6 Å². The van der Waals surface area contributed by atoms with Gasteiger partial charge < -0.3 is 10.2 Å². The number of rotatable bonds is 5. The molecule has 0 radical (unpaired) electrons. The number of carbonyl (C=O) groups excluding carboxylic acids is 1. The summed E-state index contributed by atoms with van der Waals surface area (Å²) in [6.45, 7) is 0.774. The Hall–Kier alpha value is -2.55. The molecule has 20 heavy (non-hydrogen) atoms. The standard InChI is InChI=1S/C17H18N2O/c1-19(14-15-8-4-2-5-9-15)13-12-17(20)18-16-10-6-3-7-11-16/h2-13H,14H2,1H3,(H,18,20). The number of carbonyl (C=O) groups is 1. The summed E-state index contributed by atoms with van der Waals surface area (Å²) >= 11 is 0. The topological polar surface area (TPSA) is 32.3 Å². The Bertz CT molecular complexity index is 564. The molecule has 3 heteroatoms. The second-order valence-electron chi connectivity index (χ2n) is 4.57. The lowest BCUT2D eigenvalue weighted by atomic mass is 10.2. The zero-order chi connectivity index (χ0) is 14.2. The molecule has 2 rings (SSSR count). The molecular weight excluding hydrogens is 248 g/mol. The summed E-state index contributed by atoms with van der Waals surface area (Å²) in [4.78, 5) is 13.7. The summed E-state index contributed by atoms with van der Waals surface area (Å²) < 4.78 is 0. The van der Waals surface area contributed by atoms with Crippen LogP contribution in [0.2, 0.25) is 0 Å². The molecule has 3 nitrogen and oxygen atoms in total. The van der Waals surface area contributed by atoms with Crippen LogP contribution < -0.4 is 5.32 Å². The van der Waals surface area contributed by atoms with Gasteiger partial charge >= 0.3 is 0 Å². The third-order valence-electron chi connectivity index (χ3n) is 2.80. The first kappa shape index (κ1) is 13.9. The van der Waals surface area contributed by atoms with Gasteiger partial charge in [-0.1, -0.05) is 48.5 Å². The zero-order valence-corrected chi connectivity index (χ0v) is 11.5. The number of benzene rings is 2. The van der Waals surface area contributed by atoms with Crippen molar-refractivity contribution < 1.29 is 4.79 Å². The fourth-order valence-electron chi connectivity index (χ4n) is 1.82. The van der Waals surface area contributed by atoms with Crippen LogP contribution in [0.15, 0.2) is 72.9 Å². The number of nitrogens with zero attached hydrogens (tertiary/aromatic N) is 1. The van der Waals surface area contributed by atoms with Crippen LogP contribution in [-0.4, -0.2) is 17.9 Å². The number of hydrogen-bond donors (Lipinski definition) is 1. The van der Waals surface area contributed by atoms with E-state index >= 15 is 0 Å². The first-order valence-electron chi connectivity index (χ1n) is 6.52. The summed E-state index contributed by atoms with van der Waals surface area (Å²) in [5.74, 6) is -0.129. The van der Waals surface area contributed by atoms with E-state index in [1.807, 2.05) is 60.5 Å². The maximum absolute atomic E-state index is 11.7. The van der Waals surface area contributed by atoms with Crippen molar-refractivity contribution in [3.8, 4) is 0 Å². The maximum Gasteiger partial charge on any atom is 0.249 e. The molecule has 2 aromatic rings. The van der Waals surface area contributed by atoms with E-state index < -0.39 is 0 Å². The van der Waals surface area contributed by atoms with Crippen molar-refractivity contribution in [3.63, 3.8) is 0 Å². The van der Waals surface area contributed by atoms with E-state index in [-0.39, 0.29) is 5.91 Å². The first-order valence-corrected chi connectivity index (χ1v) is 6.52. The van der Waals surface area contributed by atoms with Gasteiger partial charge in [-0.2, -0.15) is 0 Å². The van der Waals surface area contributed by atoms with Gasteiger partial charge in [0, 0.05) is 31.6 Å². The molecule has 0 fully saturated rings. The quantitative estimate of drug-likeness (QED) is 0.842. The smallest absolute Gasteiger partial charge is 0.249 e. The Morgan fingerprint density at radius 2 is 1.65 bits per heavy atom. The Labute approximate surface area is 119 Å². The van der Waals surface area contributed by atoms with Gasteiger partial charge in [-0.15, -0.1) is 0 Å². The SMILES string of the molecule is CN(C=CC(=O)Nc1ccccc1)Cc1ccccc1. The Kier molecular flexibility index (Phi) is 4.95. The van der Waals surface area contributed by atoms with Gasteiger partial charge in [0.15, 0.2) is 0 Å². The third kappa shape index (κ3) is 4.61. The average molecular weight is 266 g/mol. The highest BCUT2D eigenvalue weighted by Crippen LogP contribution is 2.05. The summed E-state index contributed by atoms with van der Waals surface area (Å²) in [5.41, 5.74) is 2.01. The first-order chi connectivity index (χ1) is 9.74. The van der Waals surface area contributed by atoms with Gasteiger partial charge in [0.1, 0.15) is 0 Å². The molecule has 1 N–H and O–H groups in total. The average Bonchev–Trinajstić information content (AvgIpc) is 2.47. The van der Waals surface area contributed by atoms with Gasteiger partial charge in [-0.25, -0.2) is 0 Å². The van der Waals surface area contributed by atoms with E-state index in [0.29, 0.717) is 0 Å². The molecule has 1 amide bonds. The lowest BCUT2D eigenvalue weighted by molar-refractivity contribution is -0.112. The number of nitrogens with one attached hydrogen (secondary N) is 1. The number of hydrogen-bond acceptors (Lipinski definition) is 2. The molecule has 0 atom stereocenters. The molecule has 0 aromatic heterocycles. The van der Waals surface area contributed by atoms with E-state index in [0.717, 1.165) is 12.2 Å². The minimum Gasteiger partial charge on any atom is -0.376 e. The summed E-state index contributed by atoms with van der Waals surface area (Å²) in [7, 11) is 1.94. The molecule has 0 aliphatic heterocycles. The van der Waals surface area contributed by atoms with Gasteiger partial charge in [0.2, 0.25) is 5.91 Å². The predicted octanol–water partition coefficient (Wildman–Crippen LogP) is 3.27. The second-order valence-corrected chi connectivity index (χ2v) is 4.57. The molecule has 0 saturated carbocycles. The van der Waals surface area contributed by atoms with Crippen LogP contribution in [0.1, 0.15) is 5.56 Å². The minimum atomic E-state index is -0.129. The molecule has 102 valence electrons. The Morgan fingerprint density at radius 3 is 2.30 bits per heavy atom. The van der Waals surface area contributed by atoms with Crippen molar-refractivity contribution in [3.05, 3.63) is 78.5 Å². The summed E-state index contributed by atoms with van der Waals surface area (Å²) in [6.07, 6.45) is 3.32. The minimum absolute atomic E-state index is 0.129. The molecule has 0 saturated heterocycles. The van der Waals surface area contributed by atoms with Crippen LogP contribution in [0.3, 0.4) is 0 Å². The Morgan fingerprint density at radius 1 is 1.05 bits per heavy atom. The van der Waals surface area contributed by atoms with Gasteiger partial charge in [0.25, 0.3) is 0 Å². The second kappa shape index (κ2) is 7.14. The third-order valence-corrected chi connectivity index (χ3v) is 2.80. The van der Waals surface area contributed by atoms with Gasteiger partial charge in [0.05, 0.1) is 0 Å². The predicted molar refractivity (Wildman–Crippen MR) is 82.1 cm³/mol. The van der Waals surface area contributed by atoms with E-state index in [4.69, 9.17) is 0 Å². The van der Waals surface area contributed by atoms with Crippen molar-refractivity contribution in [2.45, 2.75) is 6.54 Å². The number of para-hydroxylation sites is 1. The van der Waals surface area contributed by atoms with Crippen LogP contribution in [0, 0.1) is 0 Å². The normalized spacial score (nSPS) is 10.4. The molecule has 0 spiro atoms. The maximum atomic E-state index is 11.7. The molecule has 0 heterocycles. The number of amides is 1. The van der Waals surface area contributed by atoms with Crippen molar-refractivity contribution in [2.24, 2.45) is 0 Å². The molecule has 0 bridgehead atoms. The van der Waals surface area contributed by atoms with Crippen LogP contribution in [0.25, 0.3) is 0 Å². The monoisotopic (exact) mass is 266 g/mol. The van der Waals surface area contributed by atoms with Gasteiger partial charge in [-0.05, 0) is 17.7 Å². The molecule has 0 aliphatic carbocycles. The van der Waals surface area contributed by atoms with Crippen molar-refractivity contribution in [1.29, 1.82) is 0 Å². The van der Waals surface area contributed by atoms with Gasteiger partial charge in [-0.3, -0.25) is 4.79 Å². The van der Waals surface area contributed by atoms with Crippen molar-refractivity contribution in [2.75, 3.05) is 12.4 Å². The van der Waals surface area contributed by atoms with E-state index in [1.54, 1.807) is 6.20 Å². The highest BCUT2D eigenvalue weighted by molar-refractivity contribution is 5.99. The summed E-state index contributed by atoms with van der Waals surface area (Å²) in [6, 6.07) is 19.6. The van der Waals surface area contributed by atoms with Crippen LogP contribution in [-0.2, 0) is 11.3 Å². The van der Waals surface area contributed by atoms with E-state index in [1.165, 1.54) is 11.6 Å². The lowest BCUT2D eigenvalue weighted by Crippen LogP contribution is -2.13. The van der Waals surface area contributed by atoms with Crippen molar-refractivity contribution in [1.82, 2.24) is 4.90 Å². The molecule has 0 aliphatic rings. The highest BCUT2D eigenvalue weighted by atomic mass is 16.1. The fourth-order valence-corrected chi connectivity index (χ4v) is 1.82. The molecular formula is C17H18N2O. The zero-order valence-electron chi connectivity index (χ0n) is 11.5. The van der Waals surface area contributed by atoms with E-state index in [9.17, 15) is 4.79 Å². The lowest BCUT2D eigenvalue weighted by Gasteiger charge is -2.13. The largest absolute Gasteiger partial charge is 0.376 e. The van der Waals surface area contributed by atoms with Crippen LogP contribution in [0.5, 0.6) is 0 Å². The number of anilines is 1. The highest BCUT2D eigenvalue weighted by Gasteiger charge is 1.98. The Balaban J connectivity index is 1.84. The molecule has 2 aromatic carbocycles. The van der Waals surface area contributed by atoms with Crippen LogP contribution >= 0.6 is 0 Å². The van der Waals surface area contributed by atoms with E-state index in [2.05, 4.69) is 17.4 Å². The molecule has 0 unspecified atom stereocenters. The van der Waals surface area contributed by atoms with Crippen LogP contribution in [0.4, 0.5) is 5.69 Å². The fraction of sp³-hybridized carbons (Fsp3) is 0.118.